The summed E-state index contributed by atoms with van der Waals surface area (Å²) in [5.41, 5.74) is 5.55. The molecule has 0 heterocycles. The quantitative estimate of drug-likeness (QED) is 0.833. The van der Waals surface area contributed by atoms with Crippen LogP contribution in [0.3, 0.4) is 0 Å². The van der Waals surface area contributed by atoms with Crippen molar-refractivity contribution < 1.29 is 22.7 Å². The minimum Gasteiger partial charge on any atom is -0.444 e. The highest BCUT2D eigenvalue weighted by molar-refractivity contribution is 5.68. The largest absolute Gasteiger partial charge is 0.444 e. The maximum absolute atomic E-state index is 12.9. The lowest BCUT2D eigenvalue weighted by Gasteiger charge is -2.35. The van der Waals surface area contributed by atoms with Crippen molar-refractivity contribution in [1.29, 1.82) is 0 Å². The summed E-state index contributed by atoms with van der Waals surface area (Å²) in [6, 6.07) is 4.82. The maximum Gasteiger partial charge on any atom is 0.416 e. The molecule has 3 atom stereocenters. The minimum atomic E-state index is -4.35. The van der Waals surface area contributed by atoms with Crippen molar-refractivity contribution in [1.82, 2.24) is 5.32 Å². The van der Waals surface area contributed by atoms with Gasteiger partial charge >= 0.3 is 12.3 Å². The zero-order valence-corrected chi connectivity index (χ0v) is 14.7. The second-order valence-electron chi connectivity index (χ2n) is 7.55. The van der Waals surface area contributed by atoms with Crippen molar-refractivity contribution in [2.45, 2.75) is 69.8 Å². The first-order valence-electron chi connectivity index (χ1n) is 8.38. The van der Waals surface area contributed by atoms with Crippen molar-refractivity contribution in [3.8, 4) is 0 Å². The predicted octanol–water partition coefficient (Wildman–Crippen LogP) is 4.19. The zero-order valence-electron chi connectivity index (χ0n) is 14.7. The van der Waals surface area contributed by atoms with Crippen LogP contribution in [0.25, 0.3) is 0 Å². The molecule has 0 aliphatic heterocycles. The SMILES string of the molecule is CC(C)(C)OC(=O)N[C@H]1CCC(c2cccc(C(F)(F)F)c2)C[C@@H]1N. The number of nitrogens with one attached hydrogen (secondary N) is 1. The van der Waals surface area contributed by atoms with Crippen LogP contribution in [0.1, 0.15) is 57.1 Å². The lowest BCUT2D eigenvalue weighted by atomic mass is 9.79. The molecule has 1 unspecified atom stereocenters. The fraction of sp³-hybridized carbons (Fsp3) is 0.611. The molecule has 2 rings (SSSR count). The molecule has 0 saturated heterocycles. The van der Waals surface area contributed by atoms with Gasteiger partial charge in [0.25, 0.3) is 0 Å². The molecule has 140 valence electrons. The van der Waals surface area contributed by atoms with E-state index in [2.05, 4.69) is 5.32 Å². The Hall–Kier alpha value is -1.76. The van der Waals surface area contributed by atoms with Crippen LogP contribution in [0.5, 0.6) is 0 Å². The first kappa shape index (κ1) is 19.6. The Morgan fingerprint density at radius 2 is 1.92 bits per heavy atom. The summed E-state index contributed by atoms with van der Waals surface area (Å²) in [6.07, 6.45) is -3.10. The van der Waals surface area contributed by atoms with Gasteiger partial charge in [-0.2, -0.15) is 13.2 Å². The maximum atomic E-state index is 12.9. The summed E-state index contributed by atoms with van der Waals surface area (Å²) < 4.78 is 43.8. The molecule has 3 N–H and O–H groups in total. The lowest BCUT2D eigenvalue weighted by Crippen LogP contribution is -2.51. The fourth-order valence-electron chi connectivity index (χ4n) is 3.12. The number of alkyl halides is 3. The van der Waals surface area contributed by atoms with Gasteiger partial charge in [0.05, 0.1) is 5.56 Å². The molecule has 1 saturated carbocycles. The molecular weight excluding hydrogens is 333 g/mol. The molecule has 1 aromatic rings. The normalized spacial score (nSPS) is 24.7. The Bertz CT molecular complexity index is 611. The molecule has 1 aliphatic rings. The van der Waals surface area contributed by atoms with Gasteiger partial charge in [-0.1, -0.05) is 18.2 Å². The topological polar surface area (TPSA) is 64.3 Å². The number of amides is 1. The van der Waals surface area contributed by atoms with Crippen LogP contribution in [0.4, 0.5) is 18.0 Å². The van der Waals surface area contributed by atoms with Gasteiger partial charge in [-0.15, -0.1) is 0 Å². The van der Waals surface area contributed by atoms with Gasteiger partial charge in [-0.25, -0.2) is 4.79 Å². The van der Waals surface area contributed by atoms with Crippen molar-refractivity contribution in [3.63, 3.8) is 0 Å². The highest BCUT2D eigenvalue weighted by Crippen LogP contribution is 2.36. The average molecular weight is 358 g/mol. The van der Waals surface area contributed by atoms with Crippen LogP contribution < -0.4 is 11.1 Å². The van der Waals surface area contributed by atoms with Gasteiger partial charge in [-0.05, 0) is 57.6 Å². The Kier molecular flexibility index (Phi) is 5.66. The van der Waals surface area contributed by atoms with Crippen LogP contribution in [0.2, 0.25) is 0 Å². The number of carbonyl (C=O) groups is 1. The predicted molar refractivity (Wildman–Crippen MR) is 89.2 cm³/mol. The standard InChI is InChI=1S/C18H25F3N2O2/c1-17(2,3)25-16(24)23-15-8-7-12(10-14(15)22)11-5-4-6-13(9-11)18(19,20)21/h4-6,9,12,14-15H,7-8,10,22H2,1-3H3,(H,23,24)/t12?,14-,15-/m0/s1. The Balaban J connectivity index is 1.99. The van der Waals surface area contributed by atoms with E-state index in [1.165, 1.54) is 12.1 Å². The number of nitrogens with two attached hydrogens (primary N) is 1. The van der Waals surface area contributed by atoms with Gasteiger partial charge in [0, 0.05) is 12.1 Å². The van der Waals surface area contributed by atoms with E-state index < -0.39 is 23.4 Å². The summed E-state index contributed by atoms with van der Waals surface area (Å²) in [5.74, 6) is -0.0472. The number of hydrogen-bond acceptors (Lipinski definition) is 3. The van der Waals surface area contributed by atoms with Gasteiger partial charge in [0.2, 0.25) is 0 Å². The van der Waals surface area contributed by atoms with E-state index >= 15 is 0 Å². The smallest absolute Gasteiger partial charge is 0.416 e. The molecule has 4 nitrogen and oxygen atoms in total. The number of ether oxygens (including phenoxy) is 1. The summed E-state index contributed by atoms with van der Waals surface area (Å²) in [5, 5.41) is 2.77. The molecule has 0 radical (unpaired) electrons. The van der Waals surface area contributed by atoms with E-state index in [-0.39, 0.29) is 18.0 Å². The number of benzene rings is 1. The fourth-order valence-corrected chi connectivity index (χ4v) is 3.12. The molecule has 1 aromatic carbocycles. The Morgan fingerprint density at radius 1 is 1.24 bits per heavy atom. The van der Waals surface area contributed by atoms with Gasteiger partial charge < -0.3 is 15.8 Å². The number of rotatable bonds is 2. The molecular formula is C18H25F3N2O2. The molecule has 1 aliphatic carbocycles. The van der Waals surface area contributed by atoms with Crippen molar-refractivity contribution in [2.75, 3.05) is 0 Å². The van der Waals surface area contributed by atoms with Crippen molar-refractivity contribution >= 4 is 6.09 Å². The van der Waals surface area contributed by atoms with E-state index in [9.17, 15) is 18.0 Å². The van der Waals surface area contributed by atoms with Crippen LogP contribution in [0, 0.1) is 0 Å². The van der Waals surface area contributed by atoms with Gasteiger partial charge in [-0.3, -0.25) is 0 Å². The number of halogens is 3. The first-order valence-corrected chi connectivity index (χ1v) is 8.38. The third-order valence-electron chi connectivity index (χ3n) is 4.29. The summed E-state index contributed by atoms with van der Waals surface area (Å²) in [4.78, 5) is 11.9. The lowest BCUT2D eigenvalue weighted by molar-refractivity contribution is -0.137. The molecule has 0 aromatic heterocycles. The first-order chi connectivity index (χ1) is 11.5. The van der Waals surface area contributed by atoms with Crippen LogP contribution in [-0.2, 0) is 10.9 Å². The minimum absolute atomic E-state index is 0.0472. The van der Waals surface area contributed by atoms with E-state index in [4.69, 9.17) is 10.5 Å². The second kappa shape index (κ2) is 7.23. The second-order valence-corrected chi connectivity index (χ2v) is 7.55. The molecule has 1 fully saturated rings. The third kappa shape index (κ3) is 5.63. The van der Waals surface area contributed by atoms with Crippen LogP contribution >= 0.6 is 0 Å². The number of carbonyl (C=O) groups excluding carboxylic acids is 1. The van der Waals surface area contributed by atoms with Crippen molar-refractivity contribution in [3.05, 3.63) is 35.4 Å². The number of alkyl carbamates (subject to hydrolysis) is 1. The van der Waals surface area contributed by atoms with E-state index in [1.54, 1.807) is 26.8 Å². The summed E-state index contributed by atoms with van der Waals surface area (Å²) in [7, 11) is 0. The summed E-state index contributed by atoms with van der Waals surface area (Å²) in [6.45, 7) is 5.32. The van der Waals surface area contributed by atoms with Gasteiger partial charge in [0.1, 0.15) is 5.60 Å². The highest BCUT2D eigenvalue weighted by Gasteiger charge is 2.34. The molecule has 7 heteroatoms. The molecule has 25 heavy (non-hydrogen) atoms. The third-order valence-corrected chi connectivity index (χ3v) is 4.29. The van der Waals surface area contributed by atoms with Gasteiger partial charge in [0.15, 0.2) is 0 Å². The summed E-state index contributed by atoms with van der Waals surface area (Å²) >= 11 is 0. The van der Waals surface area contributed by atoms with E-state index in [0.717, 1.165) is 6.07 Å². The molecule has 1 amide bonds. The monoisotopic (exact) mass is 358 g/mol. The van der Waals surface area contributed by atoms with E-state index in [1.807, 2.05) is 0 Å². The van der Waals surface area contributed by atoms with Crippen LogP contribution in [-0.4, -0.2) is 23.8 Å². The number of hydrogen-bond donors (Lipinski definition) is 2. The Morgan fingerprint density at radius 3 is 2.48 bits per heavy atom. The molecule has 0 bridgehead atoms. The highest BCUT2D eigenvalue weighted by atomic mass is 19.4. The van der Waals surface area contributed by atoms with E-state index in [0.29, 0.717) is 24.8 Å². The molecule has 0 spiro atoms. The Labute approximate surface area is 145 Å². The average Bonchev–Trinajstić information content (AvgIpc) is 2.46. The van der Waals surface area contributed by atoms with Crippen molar-refractivity contribution in [2.24, 2.45) is 5.73 Å². The van der Waals surface area contributed by atoms with Crippen LogP contribution in [0.15, 0.2) is 24.3 Å². The zero-order chi connectivity index (χ0) is 18.8.